The van der Waals surface area contributed by atoms with Crippen molar-refractivity contribution in [1.29, 1.82) is 5.26 Å². The molecule has 0 spiro atoms. The molecule has 0 atom stereocenters. The Labute approximate surface area is 178 Å². The summed E-state index contributed by atoms with van der Waals surface area (Å²) in [5.41, 5.74) is 0.793. The molecule has 1 N–H and O–H groups in total. The van der Waals surface area contributed by atoms with Gasteiger partial charge in [0.2, 0.25) is 11.9 Å². The highest BCUT2D eigenvalue weighted by molar-refractivity contribution is 6.30. The van der Waals surface area contributed by atoms with E-state index in [1.807, 2.05) is 13.0 Å². The first-order valence-corrected chi connectivity index (χ1v) is 9.81. The number of piperidine rings is 1. The van der Waals surface area contributed by atoms with E-state index in [-0.39, 0.29) is 11.9 Å². The second-order valence-electron chi connectivity index (χ2n) is 7.32. The molecule has 1 saturated heterocycles. The lowest BCUT2D eigenvalue weighted by atomic mass is 9.79. The van der Waals surface area contributed by atoms with E-state index in [0.29, 0.717) is 42.5 Å². The Hall–Kier alpha value is -3.51. The van der Waals surface area contributed by atoms with Gasteiger partial charge in [0.15, 0.2) is 0 Å². The van der Waals surface area contributed by atoms with Crippen molar-refractivity contribution in [2.45, 2.75) is 19.8 Å². The number of rotatable bonds is 4. The number of carbonyl (C=O) groups excluding carboxylic acids is 1. The largest absolute Gasteiger partial charge is 0.370 e. The number of carbonyl (C=O) groups is 1. The van der Waals surface area contributed by atoms with Gasteiger partial charge >= 0.3 is 0 Å². The van der Waals surface area contributed by atoms with Crippen LogP contribution in [-0.4, -0.2) is 43.7 Å². The van der Waals surface area contributed by atoms with Gasteiger partial charge in [0.05, 0.1) is 16.7 Å². The van der Waals surface area contributed by atoms with E-state index in [9.17, 15) is 10.1 Å². The molecule has 30 heavy (non-hydrogen) atoms. The third kappa shape index (κ3) is 3.82. The number of nitriles is 1. The van der Waals surface area contributed by atoms with E-state index < -0.39 is 5.41 Å². The van der Waals surface area contributed by atoms with Gasteiger partial charge in [-0.05, 0) is 37.1 Å². The van der Waals surface area contributed by atoms with Crippen LogP contribution in [0.4, 0.5) is 11.6 Å². The number of amides is 1. The topological polar surface area (TPSA) is 113 Å². The van der Waals surface area contributed by atoms with Crippen LogP contribution in [0.25, 0.3) is 5.95 Å². The van der Waals surface area contributed by atoms with Gasteiger partial charge in [-0.25, -0.2) is 9.97 Å². The number of anilines is 2. The molecular weight excluding hydrogens is 404 g/mol. The van der Waals surface area contributed by atoms with Crippen molar-refractivity contribution in [2.24, 2.45) is 5.41 Å². The van der Waals surface area contributed by atoms with Crippen LogP contribution >= 0.6 is 11.6 Å². The highest BCUT2D eigenvalue weighted by atomic mass is 35.5. The quantitative estimate of drug-likeness (QED) is 0.687. The maximum atomic E-state index is 13.1. The number of halogens is 1. The minimum absolute atomic E-state index is 0.135. The summed E-state index contributed by atoms with van der Waals surface area (Å²) in [6, 6.07) is 9.18. The van der Waals surface area contributed by atoms with Crippen LogP contribution in [0, 0.1) is 16.7 Å². The Morgan fingerprint density at radius 1 is 1.23 bits per heavy atom. The lowest BCUT2D eigenvalue weighted by Gasteiger charge is -2.39. The summed E-state index contributed by atoms with van der Waals surface area (Å²) in [6.45, 7) is 3.23. The Morgan fingerprint density at radius 2 is 1.97 bits per heavy atom. The standard InChI is InChI=1S/C20H19ClN8O/c1-20(5-9-28(10-6-20)16-4-3-15(21)11-14(16)12-22)17(30)27-19-25-13-26-29(19)18-23-7-2-8-24-18/h2-4,7-8,11,13H,5-6,9-10H2,1H3,(H,25,26,27,30). The number of hydrogen-bond donors (Lipinski definition) is 1. The van der Waals surface area contributed by atoms with Gasteiger partial charge in [-0.2, -0.15) is 20.0 Å². The number of hydrogen-bond acceptors (Lipinski definition) is 7. The molecule has 1 amide bonds. The highest BCUT2D eigenvalue weighted by Crippen LogP contribution is 2.35. The molecule has 0 radical (unpaired) electrons. The van der Waals surface area contributed by atoms with Gasteiger partial charge in [-0.1, -0.05) is 18.5 Å². The van der Waals surface area contributed by atoms with Crippen LogP contribution in [0.3, 0.4) is 0 Å². The van der Waals surface area contributed by atoms with E-state index in [1.54, 1.807) is 30.6 Å². The van der Waals surface area contributed by atoms with Crippen molar-refractivity contribution in [2.75, 3.05) is 23.3 Å². The van der Waals surface area contributed by atoms with Crippen LogP contribution in [0.1, 0.15) is 25.3 Å². The smallest absolute Gasteiger partial charge is 0.253 e. The average molecular weight is 423 g/mol. The predicted molar refractivity (Wildman–Crippen MR) is 111 cm³/mol. The van der Waals surface area contributed by atoms with Crippen LogP contribution in [0.15, 0.2) is 43.0 Å². The van der Waals surface area contributed by atoms with Crippen molar-refractivity contribution >= 4 is 29.1 Å². The molecule has 1 aliphatic heterocycles. The molecule has 4 rings (SSSR count). The third-order valence-corrected chi connectivity index (χ3v) is 5.58. The summed E-state index contributed by atoms with van der Waals surface area (Å²) >= 11 is 6.00. The van der Waals surface area contributed by atoms with E-state index in [4.69, 9.17) is 11.6 Å². The maximum Gasteiger partial charge on any atom is 0.253 e. The van der Waals surface area contributed by atoms with E-state index in [1.165, 1.54) is 11.0 Å². The Balaban J connectivity index is 1.46. The molecule has 9 nitrogen and oxygen atoms in total. The van der Waals surface area contributed by atoms with Crippen LogP contribution in [0.5, 0.6) is 0 Å². The zero-order valence-electron chi connectivity index (χ0n) is 16.3. The monoisotopic (exact) mass is 422 g/mol. The minimum atomic E-state index is -0.579. The van der Waals surface area contributed by atoms with Gasteiger partial charge in [0.1, 0.15) is 12.4 Å². The second-order valence-corrected chi connectivity index (χ2v) is 7.76. The first-order chi connectivity index (χ1) is 14.5. The summed E-state index contributed by atoms with van der Waals surface area (Å²) in [4.78, 5) is 27.6. The Morgan fingerprint density at radius 3 is 2.67 bits per heavy atom. The van der Waals surface area contributed by atoms with Gasteiger partial charge in [-0.3, -0.25) is 10.1 Å². The summed E-state index contributed by atoms with van der Waals surface area (Å²) in [7, 11) is 0. The van der Waals surface area contributed by atoms with Gasteiger partial charge in [-0.15, -0.1) is 0 Å². The van der Waals surface area contributed by atoms with Gasteiger partial charge < -0.3 is 4.90 Å². The lowest BCUT2D eigenvalue weighted by Crippen LogP contribution is -2.45. The van der Waals surface area contributed by atoms with Crippen molar-refractivity contribution in [3.05, 3.63) is 53.6 Å². The van der Waals surface area contributed by atoms with Crippen molar-refractivity contribution < 1.29 is 4.79 Å². The fourth-order valence-corrected chi connectivity index (χ4v) is 3.64. The Kier molecular flexibility index (Phi) is 5.33. The molecule has 3 aromatic rings. The van der Waals surface area contributed by atoms with Crippen molar-refractivity contribution in [3.8, 4) is 12.0 Å². The van der Waals surface area contributed by atoms with E-state index in [0.717, 1.165) is 5.69 Å². The summed E-state index contributed by atoms with van der Waals surface area (Å²) < 4.78 is 1.39. The number of aromatic nitrogens is 5. The summed E-state index contributed by atoms with van der Waals surface area (Å²) in [5.74, 6) is 0.473. The molecule has 152 valence electrons. The van der Waals surface area contributed by atoms with E-state index in [2.05, 4.69) is 36.3 Å². The maximum absolute atomic E-state index is 13.1. The second kappa shape index (κ2) is 8.08. The fourth-order valence-electron chi connectivity index (χ4n) is 3.47. The van der Waals surface area contributed by atoms with Crippen molar-refractivity contribution in [1.82, 2.24) is 24.7 Å². The first kappa shape index (κ1) is 19.8. The zero-order valence-corrected chi connectivity index (χ0v) is 17.0. The molecular formula is C20H19ClN8O. The lowest BCUT2D eigenvalue weighted by molar-refractivity contribution is -0.125. The number of nitrogens with zero attached hydrogens (tertiary/aromatic N) is 7. The molecule has 0 bridgehead atoms. The van der Waals surface area contributed by atoms with Gasteiger partial charge in [0.25, 0.3) is 5.95 Å². The van der Waals surface area contributed by atoms with Crippen LogP contribution < -0.4 is 10.2 Å². The molecule has 1 aliphatic rings. The third-order valence-electron chi connectivity index (χ3n) is 5.35. The van der Waals surface area contributed by atoms with Crippen molar-refractivity contribution in [3.63, 3.8) is 0 Å². The number of nitrogens with one attached hydrogen (secondary N) is 1. The highest BCUT2D eigenvalue weighted by Gasteiger charge is 2.38. The van der Waals surface area contributed by atoms with E-state index >= 15 is 0 Å². The SMILES string of the molecule is CC1(C(=O)Nc2ncnn2-c2ncccn2)CCN(c2ccc(Cl)cc2C#N)CC1. The molecule has 0 saturated carbocycles. The number of benzene rings is 1. The van der Waals surface area contributed by atoms with Crippen LogP contribution in [-0.2, 0) is 4.79 Å². The molecule has 2 aromatic heterocycles. The summed E-state index contributed by atoms with van der Waals surface area (Å²) in [5, 5.41) is 16.9. The fraction of sp³-hybridized carbons (Fsp3) is 0.300. The van der Waals surface area contributed by atoms with Crippen LogP contribution in [0.2, 0.25) is 5.02 Å². The Bertz CT molecular complexity index is 1100. The molecule has 1 fully saturated rings. The molecule has 1 aromatic carbocycles. The molecule has 10 heteroatoms. The molecule has 0 unspecified atom stereocenters. The predicted octanol–water partition coefficient (Wildman–Crippen LogP) is 2.83. The first-order valence-electron chi connectivity index (χ1n) is 9.44. The molecule has 0 aliphatic carbocycles. The zero-order chi connectivity index (χ0) is 21.1. The minimum Gasteiger partial charge on any atom is -0.370 e. The average Bonchev–Trinajstić information content (AvgIpc) is 3.23. The summed E-state index contributed by atoms with van der Waals surface area (Å²) in [6.07, 6.45) is 5.79. The normalized spacial score (nSPS) is 15.4. The van der Waals surface area contributed by atoms with Gasteiger partial charge in [0, 0.05) is 30.5 Å². The molecule has 3 heterocycles.